The molecular formula is C17H34N2O. The second-order valence-corrected chi connectivity index (χ2v) is 6.94. The maximum Gasteiger partial charge on any atom is 0.0669 e. The van der Waals surface area contributed by atoms with Gasteiger partial charge in [0.05, 0.1) is 6.10 Å². The van der Waals surface area contributed by atoms with Crippen molar-refractivity contribution < 1.29 is 5.11 Å². The van der Waals surface area contributed by atoms with E-state index in [4.69, 9.17) is 0 Å². The minimum absolute atomic E-state index is 0.118. The van der Waals surface area contributed by atoms with Crippen LogP contribution in [0.25, 0.3) is 0 Å². The number of hydrogen-bond donors (Lipinski definition) is 2. The number of likely N-dealkylation sites (tertiary alicyclic amines) is 1. The normalized spacial score (nSPS) is 28.6. The van der Waals surface area contributed by atoms with Gasteiger partial charge < -0.3 is 10.4 Å². The van der Waals surface area contributed by atoms with Gasteiger partial charge in [0.1, 0.15) is 0 Å². The summed E-state index contributed by atoms with van der Waals surface area (Å²) in [6.45, 7) is 7.57. The third kappa shape index (κ3) is 4.71. The van der Waals surface area contributed by atoms with Gasteiger partial charge in [0.2, 0.25) is 0 Å². The third-order valence-electron chi connectivity index (χ3n) is 5.29. The Morgan fingerprint density at radius 3 is 2.55 bits per heavy atom. The summed E-state index contributed by atoms with van der Waals surface area (Å²) in [5.41, 5.74) is 0. The molecule has 3 nitrogen and oxygen atoms in total. The van der Waals surface area contributed by atoms with Crippen molar-refractivity contribution in [3.8, 4) is 0 Å². The van der Waals surface area contributed by atoms with Gasteiger partial charge in [-0.25, -0.2) is 0 Å². The highest BCUT2D eigenvalue weighted by Crippen LogP contribution is 2.29. The molecule has 1 aliphatic carbocycles. The molecule has 2 fully saturated rings. The van der Waals surface area contributed by atoms with Crippen molar-refractivity contribution in [3.05, 3.63) is 0 Å². The molecule has 118 valence electrons. The van der Waals surface area contributed by atoms with Crippen molar-refractivity contribution in [3.63, 3.8) is 0 Å². The number of piperidine rings is 1. The first-order chi connectivity index (χ1) is 9.70. The number of aliphatic hydroxyl groups is 1. The summed E-state index contributed by atoms with van der Waals surface area (Å²) in [7, 11) is 0. The molecule has 0 spiro atoms. The lowest BCUT2D eigenvalue weighted by Gasteiger charge is -2.40. The summed E-state index contributed by atoms with van der Waals surface area (Å²) in [5.74, 6) is 0.791. The van der Waals surface area contributed by atoms with Crippen LogP contribution >= 0.6 is 0 Å². The van der Waals surface area contributed by atoms with Gasteiger partial charge in [0.15, 0.2) is 0 Å². The Bertz CT molecular complexity index is 266. The quantitative estimate of drug-likeness (QED) is 0.754. The van der Waals surface area contributed by atoms with E-state index in [1.807, 2.05) is 0 Å². The highest BCUT2D eigenvalue weighted by molar-refractivity contribution is 4.86. The number of hydrogen-bond acceptors (Lipinski definition) is 3. The van der Waals surface area contributed by atoms with E-state index in [1.165, 1.54) is 51.5 Å². The molecule has 3 unspecified atom stereocenters. The minimum Gasteiger partial charge on any atom is -0.392 e. The highest BCUT2D eigenvalue weighted by atomic mass is 16.3. The Balaban J connectivity index is 1.80. The van der Waals surface area contributed by atoms with E-state index in [9.17, 15) is 5.11 Å². The number of rotatable bonds is 7. The molecule has 2 rings (SSSR count). The molecule has 1 aliphatic heterocycles. The predicted molar refractivity (Wildman–Crippen MR) is 84.9 cm³/mol. The lowest BCUT2D eigenvalue weighted by atomic mass is 9.94. The van der Waals surface area contributed by atoms with E-state index in [0.29, 0.717) is 12.1 Å². The van der Waals surface area contributed by atoms with Crippen molar-refractivity contribution in [2.75, 3.05) is 19.6 Å². The van der Waals surface area contributed by atoms with Crippen LogP contribution in [0.1, 0.15) is 65.2 Å². The van der Waals surface area contributed by atoms with Crippen LogP contribution in [0.15, 0.2) is 0 Å². The fourth-order valence-corrected chi connectivity index (χ4v) is 4.24. The van der Waals surface area contributed by atoms with Gasteiger partial charge in [-0.05, 0) is 45.2 Å². The standard InChI is InChI=1S/C17H34N2O/c1-3-18-14(2)17-10-6-7-11-19(17)13-16(20)12-15-8-4-5-9-15/h14-18,20H,3-13H2,1-2H3. The van der Waals surface area contributed by atoms with Gasteiger partial charge in [-0.2, -0.15) is 0 Å². The maximum atomic E-state index is 10.4. The molecule has 1 saturated heterocycles. The Labute approximate surface area is 125 Å². The fraction of sp³-hybridized carbons (Fsp3) is 1.00. The fourth-order valence-electron chi connectivity index (χ4n) is 4.24. The average Bonchev–Trinajstić information content (AvgIpc) is 2.92. The van der Waals surface area contributed by atoms with Gasteiger partial charge in [-0.3, -0.25) is 4.90 Å². The van der Waals surface area contributed by atoms with Crippen LogP contribution < -0.4 is 5.32 Å². The average molecular weight is 282 g/mol. The molecular weight excluding hydrogens is 248 g/mol. The zero-order valence-electron chi connectivity index (χ0n) is 13.5. The zero-order valence-corrected chi connectivity index (χ0v) is 13.5. The highest BCUT2D eigenvalue weighted by Gasteiger charge is 2.29. The second kappa shape index (κ2) is 8.35. The summed E-state index contributed by atoms with van der Waals surface area (Å²) in [6.07, 6.45) is 10.3. The van der Waals surface area contributed by atoms with Crippen molar-refractivity contribution >= 4 is 0 Å². The predicted octanol–water partition coefficient (Wildman–Crippen LogP) is 2.78. The Hall–Kier alpha value is -0.120. The van der Waals surface area contributed by atoms with E-state index < -0.39 is 0 Å². The molecule has 3 heteroatoms. The molecule has 3 atom stereocenters. The van der Waals surface area contributed by atoms with Crippen LogP contribution in [-0.2, 0) is 0 Å². The zero-order chi connectivity index (χ0) is 14.4. The Kier molecular flexibility index (Phi) is 6.79. The molecule has 0 aromatic carbocycles. The number of aliphatic hydroxyl groups excluding tert-OH is 1. The van der Waals surface area contributed by atoms with Crippen LogP contribution in [0.5, 0.6) is 0 Å². The maximum absolute atomic E-state index is 10.4. The van der Waals surface area contributed by atoms with Crippen LogP contribution in [0, 0.1) is 5.92 Å². The van der Waals surface area contributed by atoms with Gasteiger partial charge in [-0.1, -0.05) is 39.0 Å². The first-order valence-electron chi connectivity index (χ1n) is 8.86. The lowest BCUT2D eigenvalue weighted by molar-refractivity contribution is 0.0437. The first kappa shape index (κ1) is 16.3. The molecule has 1 heterocycles. The summed E-state index contributed by atoms with van der Waals surface area (Å²) in [5, 5.41) is 14.0. The van der Waals surface area contributed by atoms with E-state index in [0.717, 1.165) is 25.4 Å². The molecule has 0 aromatic heterocycles. The monoisotopic (exact) mass is 282 g/mol. The lowest BCUT2D eigenvalue weighted by Crippen LogP contribution is -2.53. The van der Waals surface area contributed by atoms with Crippen molar-refractivity contribution in [2.45, 2.75) is 83.4 Å². The van der Waals surface area contributed by atoms with Crippen LogP contribution in [-0.4, -0.2) is 47.8 Å². The van der Waals surface area contributed by atoms with Crippen molar-refractivity contribution in [1.82, 2.24) is 10.2 Å². The second-order valence-electron chi connectivity index (χ2n) is 6.94. The Morgan fingerprint density at radius 2 is 1.85 bits per heavy atom. The summed E-state index contributed by atoms with van der Waals surface area (Å²) >= 11 is 0. The molecule has 0 radical (unpaired) electrons. The van der Waals surface area contributed by atoms with E-state index in [2.05, 4.69) is 24.1 Å². The topological polar surface area (TPSA) is 35.5 Å². The summed E-state index contributed by atoms with van der Waals surface area (Å²) in [6, 6.07) is 1.15. The smallest absolute Gasteiger partial charge is 0.0669 e. The van der Waals surface area contributed by atoms with Gasteiger partial charge in [0, 0.05) is 18.6 Å². The molecule has 2 N–H and O–H groups in total. The van der Waals surface area contributed by atoms with Crippen molar-refractivity contribution in [1.29, 1.82) is 0 Å². The number of nitrogens with zero attached hydrogens (tertiary/aromatic N) is 1. The number of β-amino-alcohol motifs (C(OH)–C–C–N with tert-alkyl or cyclic N) is 1. The molecule has 0 aromatic rings. The van der Waals surface area contributed by atoms with E-state index in [1.54, 1.807) is 0 Å². The van der Waals surface area contributed by atoms with E-state index in [-0.39, 0.29) is 6.10 Å². The third-order valence-corrected chi connectivity index (χ3v) is 5.29. The largest absolute Gasteiger partial charge is 0.392 e. The minimum atomic E-state index is -0.118. The van der Waals surface area contributed by atoms with E-state index >= 15 is 0 Å². The number of likely N-dealkylation sites (N-methyl/N-ethyl adjacent to an activating group) is 1. The number of nitrogens with one attached hydrogen (secondary N) is 1. The molecule has 0 bridgehead atoms. The summed E-state index contributed by atoms with van der Waals surface area (Å²) in [4.78, 5) is 2.55. The van der Waals surface area contributed by atoms with Crippen LogP contribution in [0.3, 0.4) is 0 Å². The van der Waals surface area contributed by atoms with Gasteiger partial charge in [0.25, 0.3) is 0 Å². The molecule has 2 aliphatic rings. The molecule has 20 heavy (non-hydrogen) atoms. The van der Waals surface area contributed by atoms with Crippen LogP contribution in [0.2, 0.25) is 0 Å². The van der Waals surface area contributed by atoms with Gasteiger partial charge >= 0.3 is 0 Å². The van der Waals surface area contributed by atoms with Crippen LogP contribution in [0.4, 0.5) is 0 Å². The molecule has 1 saturated carbocycles. The molecule has 0 amide bonds. The first-order valence-corrected chi connectivity index (χ1v) is 8.86. The SMILES string of the molecule is CCNC(C)C1CCCCN1CC(O)CC1CCCC1. The van der Waals surface area contributed by atoms with Gasteiger partial charge in [-0.15, -0.1) is 0 Å². The van der Waals surface area contributed by atoms with Crippen molar-refractivity contribution in [2.24, 2.45) is 5.92 Å². The summed E-state index contributed by atoms with van der Waals surface area (Å²) < 4.78 is 0. The Morgan fingerprint density at radius 1 is 1.15 bits per heavy atom.